The van der Waals surface area contributed by atoms with Crippen molar-refractivity contribution in [3.63, 3.8) is 0 Å². The van der Waals surface area contributed by atoms with Gasteiger partial charge in [0.1, 0.15) is 22.8 Å². The minimum absolute atomic E-state index is 0.0284. The summed E-state index contributed by atoms with van der Waals surface area (Å²) in [5.74, 6) is 1.99. The van der Waals surface area contributed by atoms with Crippen molar-refractivity contribution in [2.45, 2.75) is 51.6 Å². The molecule has 41 heavy (non-hydrogen) atoms. The zero-order chi connectivity index (χ0) is 29.6. The van der Waals surface area contributed by atoms with Crippen LogP contribution in [0.4, 0.5) is 4.79 Å². The van der Waals surface area contributed by atoms with Crippen molar-refractivity contribution in [1.82, 2.24) is 20.0 Å². The molecule has 1 saturated heterocycles. The van der Waals surface area contributed by atoms with Crippen LogP contribution < -0.4 is 19.5 Å². The number of ether oxygens (including phenoxy) is 4. The molecule has 2 aromatic carbocycles. The molecule has 1 aliphatic rings. The molecule has 4 rings (SSSR count). The zero-order valence-corrected chi connectivity index (χ0v) is 24.7. The Morgan fingerprint density at radius 3 is 2.22 bits per heavy atom. The SMILES string of the molecule is COc1ccc(-n2ncc(C(=O)NCCc3ccc(OC)cc3OC)c2C2CCN(C(=O)OC(C)(C)C)CC2)cc1. The third-order valence-corrected chi connectivity index (χ3v) is 7.08. The fraction of sp³-hybridized carbons (Fsp3) is 0.452. The standard InChI is InChI=1S/C31H40N4O6/c1-31(2,3)41-30(37)34-17-14-22(15-18-34)28-26(20-33-35(28)23-8-11-24(38-4)12-9-23)29(36)32-16-13-21-7-10-25(39-5)19-27(21)40-6/h7-12,19-20,22H,13-18H2,1-6H3,(H,32,36). The number of likely N-dealkylation sites (tertiary alicyclic amines) is 1. The highest BCUT2D eigenvalue weighted by atomic mass is 16.6. The molecule has 10 heteroatoms. The first-order valence-corrected chi connectivity index (χ1v) is 13.8. The van der Waals surface area contributed by atoms with E-state index in [2.05, 4.69) is 10.4 Å². The molecule has 1 aromatic heterocycles. The molecular formula is C31H40N4O6. The van der Waals surface area contributed by atoms with Crippen LogP contribution in [0.5, 0.6) is 17.2 Å². The number of methoxy groups -OCH3 is 3. The molecule has 1 N–H and O–H groups in total. The summed E-state index contributed by atoms with van der Waals surface area (Å²) in [6.07, 6.45) is 3.28. The van der Waals surface area contributed by atoms with Gasteiger partial charge in [-0.2, -0.15) is 5.10 Å². The second-order valence-corrected chi connectivity index (χ2v) is 11.0. The van der Waals surface area contributed by atoms with Gasteiger partial charge in [0.15, 0.2) is 0 Å². The maximum Gasteiger partial charge on any atom is 0.410 e. The monoisotopic (exact) mass is 564 g/mol. The van der Waals surface area contributed by atoms with Crippen molar-refractivity contribution >= 4 is 12.0 Å². The number of carbonyl (C=O) groups excluding carboxylic acids is 2. The number of piperidine rings is 1. The number of nitrogens with zero attached hydrogens (tertiary/aromatic N) is 3. The highest BCUT2D eigenvalue weighted by molar-refractivity contribution is 5.95. The lowest BCUT2D eigenvalue weighted by atomic mass is 9.90. The molecule has 2 heterocycles. The molecule has 3 aromatic rings. The van der Waals surface area contributed by atoms with E-state index in [0.717, 1.165) is 22.7 Å². The van der Waals surface area contributed by atoms with Gasteiger partial charge < -0.3 is 29.2 Å². The number of hydrogen-bond donors (Lipinski definition) is 1. The van der Waals surface area contributed by atoms with Crippen molar-refractivity contribution < 1.29 is 28.5 Å². The Hall–Kier alpha value is -4.21. The molecule has 0 unspecified atom stereocenters. The van der Waals surface area contributed by atoms with E-state index in [0.29, 0.717) is 56.0 Å². The molecule has 0 bridgehead atoms. The number of amides is 2. The molecule has 0 saturated carbocycles. The Balaban J connectivity index is 1.53. The Morgan fingerprint density at radius 1 is 0.951 bits per heavy atom. The van der Waals surface area contributed by atoms with Crippen molar-refractivity contribution in [3.05, 3.63) is 65.5 Å². The van der Waals surface area contributed by atoms with Gasteiger partial charge in [0, 0.05) is 31.6 Å². The van der Waals surface area contributed by atoms with E-state index in [1.165, 1.54) is 0 Å². The van der Waals surface area contributed by atoms with E-state index in [4.69, 9.17) is 18.9 Å². The Bertz CT molecular complexity index is 1340. The molecule has 0 atom stereocenters. The smallest absolute Gasteiger partial charge is 0.410 e. The number of benzene rings is 2. The van der Waals surface area contributed by atoms with Crippen molar-refractivity contribution in [1.29, 1.82) is 0 Å². The average Bonchev–Trinajstić information content (AvgIpc) is 3.42. The van der Waals surface area contributed by atoms with Gasteiger partial charge in [-0.15, -0.1) is 0 Å². The van der Waals surface area contributed by atoms with E-state index in [-0.39, 0.29) is 17.9 Å². The molecule has 0 aliphatic carbocycles. The third kappa shape index (κ3) is 7.31. The minimum atomic E-state index is -0.554. The van der Waals surface area contributed by atoms with Crippen LogP contribution in [-0.2, 0) is 11.2 Å². The summed E-state index contributed by atoms with van der Waals surface area (Å²) >= 11 is 0. The lowest BCUT2D eigenvalue weighted by Crippen LogP contribution is -2.41. The normalized spacial score (nSPS) is 14.0. The van der Waals surface area contributed by atoms with Gasteiger partial charge >= 0.3 is 6.09 Å². The van der Waals surface area contributed by atoms with Crippen molar-refractivity contribution in [2.75, 3.05) is 41.0 Å². The van der Waals surface area contributed by atoms with Gasteiger partial charge in [0.2, 0.25) is 0 Å². The Morgan fingerprint density at radius 2 is 1.61 bits per heavy atom. The predicted octanol–water partition coefficient (Wildman–Crippen LogP) is 4.99. The minimum Gasteiger partial charge on any atom is -0.497 e. The number of rotatable bonds is 9. The van der Waals surface area contributed by atoms with Crippen LogP contribution in [0.3, 0.4) is 0 Å². The van der Waals surface area contributed by atoms with Gasteiger partial charge in [-0.1, -0.05) is 6.07 Å². The predicted molar refractivity (Wildman–Crippen MR) is 155 cm³/mol. The van der Waals surface area contributed by atoms with Gasteiger partial charge in [-0.05, 0) is 75.9 Å². The third-order valence-electron chi connectivity index (χ3n) is 7.08. The molecule has 0 radical (unpaired) electrons. The maximum atomic E-state index is 13.5. The van der Waals surface area contributed by atoms with Crippen molar-refractivity contribution in [3.8, 4) is 22.9 Å². The van der Waals surface area contributed by atoms with Crippen LogP contribution in [0.25, 0.3) is 5.69 Å². The average molecular weight is 565 g/mol. The summed E-state index contributed by atoms with van der Waals surface area (Å²) < 4.78 is 23.5. The van der Waals surface area contributed by atoms with Crippen LogP contribution >= 0.6 is 0 Å². The van der Waals surface area contributed by atoms with Crippen LogP contribution in [0.1, 0.15) is 61.1 Å². The fourth-order valence-corrected chi connectivity index (χ4v) is 4.98. The van der Waals surface area contributed by atoms with Gasteiger partial charge in [-0.3, -0.25) is 4.79 Å². The fourth-order valence-electron chi connectivity index (χ4n) is 4.98. The lowest BCUT2D eigenvalue weighted by molar-refractivity contribution is 0.0203. The van der Waals surface area contributed by atoms with E-state index < -0.39 is 5.60 Å². The van der Waals surface area contributed by atoms with Crippen molar-refractivity contribution in [2.24, 2.45) is 0 Å². The maximum absolute atomic E-state index is 13.5. The number of carbonyl (C=O) groups is 2. The highest BCUT2D eigenvalue weighted by Gasteiger charge is 2.32. The summed E-state index contributed by atoms with van der Waals surface area (Å²) in [4.78, 5) is 27.9. The molecule has 1 aliphatic heterocycles. The molecule has 10 nitrogen and oxygen atoms in total. The molecule has 2 amide bonds. The quantitative estimate of drug-likeness (QED) is 0.391. The first-order valence-electron chi connectivity index (χ1n) is 13.8. The van der Waals surface area contributed by atoms with Crippen LogP contribution in [0.2, 0.25) is 0 Å². The second kappa shape index (κ2) is 13.0. The highest BCUT2D eigenvalue weighted by Crippen LogP contribution is 2.33. The first-order chi connectivity index (χ1) is 19.6. The molecule has 1 fully saturated rings. The molecule has 0 spiro atoms. The summed E-state index contributed by atoms with van der Waals surface area (Å²) in [5.41, 5.74) is 2.61. The van der Waals surface area contributed by atoms with Crippen LogP contribution in [-0.4, -0.2) is 73.2 Å². The number of nitrogens with one attached hydrogen (secondary N) is 1. The number of hydrogen-bond acceptors (Lipinski definition) is 7. The van der Waals surface area contributed by atoms with E-state index in [1.807, 2.05) is 67.9 Å². The molecular weight excluding hydrogens is 524 g/mol. The van der Waals surface area contributed by atoms with Crippen LogP contribution in [0, 0.1) is 0 Å². The topological polar surface area (TPSA) is 104 Å². The molecule has 220 valence electrons. The summed E-state index contributed by atoms with van der Waals surface area (Å²) in [5, 5.41) is 7.69. The van der Waals surface area contributed by atoms with Gasteiger partial charge in [0.25, 0.3) is 5.91 Å². The first kappa shape index (κ1) is 29.8. The van der Waals surface area contributed by atoms with E-state index in [1.54, 1.807) is 32.4 Å². The zero-order valence-electron chi connectivity index (χ0n) is 24.7. The van der Waals surface area contributed by atoms with E-state index >= 15 is 0 Å². The lowest BCUT2D eigenvalue weighted by Gasteiger charge is -2.34. The largest absolute Gasteiger partial charge is 0.497 e. The summed E-state index contributed by atoms with van der Waals surface area (Å²) in [6, 6.07) is 13.2. The van der Waals surface area contributed by atoms with Gasteiger partial charge in [-0.25, -0.2) is 9.48 Å². The summed E-state index contributed by atoms with van der Waals surface area (Å²) in [6.45, 7) is 7.07. The van der Waals surface area contributed by atoms with Gasteiger partial charge in [0.05, 0.1) is 44.5 Å². The number of aromatic nitrogens is 2. The Kier molecular flexibility index (Phi) is 9.42. The second-order valence-electron chi connectivity index (χ2n) is 11.0. The Labute approximate surface area is 241 Å². The summed E-state index contributed by atoms with van der Waals surface area (Å²) in [7, 11) is 4.85. The van der Waals surface area contributed by atoms with Crippen LogP contribution in [0.15, 0.2) is 48.7 Å². The van der Waals surface area contributed by atoms with E-state index in [9.17, 15) is 9.59 Å².